The van der Waals surface area contributed by atoms with Crippen molar-refractivity contribution in [3.8, 4) is 17.1 Å². The summed E-state index contributed by atoms with van der Waals surface area (Å²) in [5.41, 5.74) is 3.62. The molecule has 9 nitrogen and oxygen atoms in total. The van der Waals surface area contributed by atoms with Gasteiger partial charge in [0.15, 0.2) is 5.82 Å². The maximum absolute atomic E-state index is 12.9. The van der Waals surface area contributed by atoms with Crippen LogP contribution >= 0.6 is 0 Å². The molecule has 5 rings (SSSR count). The summed E-state index contributed by atoms with van der Waals surface area (Å²) < 4.78 is 6.91. The van der Waals surface area contributed by atoms with Gasteiger partial charge in [-0.05, 0) is 48.9 Å². The largest absolute Gasteiger partial charge is 0.497 e. The van der Waals surface area contributed by atoms with Crippen LogP contribution in [0.15, 0.2) is 79.1 Å². The number of benzene rings is 2. The first kappa shape index (κ1) is 23.0. The van der Waals surface area contributed by atoms with E-state index < -0.39 is 0 Å². The third-order valence-electron chi connectivity index (χ3n) is 5.52. The minimum atomic E-state index is -0.224. The summed E-state index contributed by atoms with van der Waals surface area (Å²) in [7, 11) is 1.59. The van der Waals surface area contributed by atoms with E-state index >= 15 is 0 Å². The number of carbonyl (C=O) groups is 1. The number of methoxy groups -OCH3 is 1. The van der Waals surface area contributed by atoms with E-state index in [0.29, 0.717) is 34.4 Å². The van der Waals surface area contributed by atoms with Gasteiger partial charge in [0.1, 0.15) is 11.6 Å². The summed E-state index contributed by atoms with van der Waals surface area (Å²) in [6.07, 6.45) is 5.19. The van der Waals surface area contributed by atoms with Gasteiger partial charge < -0.3 is 15.4 Å². The maximum Gasteiger partial charge on any atom is 0.255 e. The van der Waals surface area contributed by atoms with Gasteiger partial charge in [-0.25, -0.2) is 4.98 Å². The molecule has 1 amide bonds. The van der Waals surface area contributed by atoms with Crippen molar-refractivity contribution in [3.63, 3.8) is 0 Å². The number of carbonyl (C=O) groups excluding carboxylic acids is 1. The van der Waals surface area contributed by atoms with Gasteiger partial charge in [-0.3, -0.25) is 9.78 Å². The summed E-state index contributed by atoms with van der Waals surface area (Å²) in [6.45, 7) is 2.11. The second kappa shape index (κ2) is 10.2. The van der Waals surface area contributed by atoms with E-state index in [1.54, 1.807) is 42.2 Å². The standard InChI is InChI=1S/C27H25N7O2/c1-3-7-20-16-24(34-27(31-20)32-25(33-34)19-9-6-13-28-17-19)29-21-10-4-8-18(14-21)26(35)30-22-11-5-12-23(15-22)36-2/h4-6,8-17,29H,3,7H2,1-2H3,(H,30,35). The van der Waals surface area contributed by atoms with E-state index in [9.17, 15) is 4.79 Å². The van der Waals surface area contributed by atoms with Crippen LogP contribution in [-0.4, -0.2) is 37.6 Å². The van der Waals surface area contributed by atoms with Gasteiger partial charge in [-0.1, -0.05) is 25.5 Å². The lowest BCUT2D eigenvalue weighted by molar-refractivity contribution is 0.102. The molecule has 0 saturated carbocycles. The Hall–Kier alpha value is -4.79. The van der Waals surface area contributed by atoms with Gasteiger partial charge in [-0.15, -0.1) is 5.10 Å². The van der Waals surface area contributed by atoms with Gasteiger partial charge in [-0.2, -0.15) is 9.50 Å². The molecule has 0 radical (unpaired) electrons. The molecule has 5 aromatic rings. The molecule has 0 aliphatic rings. The summed E-state index contributed by atoms with van der Waals surface area (Å²) in [5.74, 6) is 2.19. The van der Waals surface area contributed by atoms with Crippen LogP contribution in [0.25, 0.3) is 17.2 Å². The molecule has 0 saturated heterocycles. The monoisotopic (exact) mass is 479 g/mol. The predicted octanol–water partition coefficient (Wildman–Crippen LogP) is 5.14. The Labute approximate surface area is 208 Å². The number of anilines is 3. The molecule has 9 heteroatoms. The predicted molar refractivity (Wildman–Crippen MR) is 139 cm³/mol. The average Bonchev–Trinajstić information content (AvgIpc) is 3.34. The summed E-state index contributed by atoms with van der Waals surface area (Å²) in [5, 5.41) is 11.0. The van der Waals surface area contributed by atoms with Gasteiger partial charge in [0.25, 0.3) is 11.7 Å². The molecule has 0 fully saturated rings. The van der Waals surface area contributed by atoms with Crippen molar-refractivity contribution < 1.29 is 9.53 Å². The minimum absolute atomic E-state index is 0.224. The molecular formula is C27H25N7O2. The highest BCUT2D eigenvalue weighted by molar-refractivity contribution is 6.05. The quantitative estimate of drug-likeness (QED) is 0.317. The zero-order chi connectivity index (χ0) is 24.9. The zero-order valence-electron chi connectivity index (χ0n) is 20.0. The van der Waals surface area contributed by atoms with Crippen molar-refractivity contribution in [3.05, 3.63) is 90.4 Å². The molecule has 3 heterocycles. The second-order valence-corrected chi connectivity index (χ2v) is 8.16. The van der Waals surface area contributed by atoms with Crippen molar-refractivity contribution in [2.45, 2.75) is 19.8 Å². The van der Waals surface area contributed by atoms with Gasteiger partial charge in [0, 0.05) is 52.7 Å². The van der Waals surface area contributed by atoms with Crippen LogP contribution < -0.4 is 15.4 Å². The topological polar surface area (TPSA) is 106 Å². The van der Waals surface area contributed by atoms with Crippen LogP contribution in [0.1, 0.15) is 29.4 Å². The van der Waals surface area contributed by atoms with E-state index in [2.05, 4.69) is 37.6 Å². The number of amides is 1. The average molecular weight is 480 g/mol. The van der Waals surface area contributed by atoms with Crippen LogP contribution in [0.2, 0.25) is 0 Å². The fourth-order valence-corrected chi connectivity index (χ4v) is 3.80. The Morgan fingerprint density at radius 1 is 1.00 bits per heavy atom. The number of pyridine rings is 1. The molecular weight excluding hydrogens is 454 g/mol. The SMILES string of the molecule is CCCc1cc(Nc2cccc(C(=O)Nc3cccc(OC)c3)c2)n2nc(-c3cccnc3)nc2n1. The van der Waals surface area contributed by atoms with Crippen LogP contribution in [0.5, 0.6) is 5.75 Å². The molecule has 3 aromatic heterocycles. The van der Waals surface area contributed by atoms with Gasteiger partial charge in [0.2, 0.25) is 0 Å². The molecule has 0 bridgehead atoms. The van der Waals surface area contributed by atoms with Crippen molar-refractivity contribution in [2.75, 3.05) is 17.7 Å². The second-order valence-electron chi connectivity index (χ2n) is 8.16. The van der Waals surface area contributed by atoms with Gasteiger partial charge in [0.05, 0.1) is 7.11 Å². The summed E-state index contributed by atoms with van der Waals surface area (Å²) in [6, 6.07) is 20.2. The van der Waals surface area contributed by atoms with E-state index in [1.807, 2.05) is 48.5 Å². The number of aromatic nitrogens is 5. The lowest BCUT2D eigenvalue weighted by Crippen LogP contribution is -2.12. The maximum atomic E-state index is 12.9. The van der Waals surface area contributed by atoms with Crippen LogP contribution in [0, 0.1) is 0 Å². The van der Waals surface area contributed by atoms with Crippen molar-refractivity contribution in [1.29, 1.82) is 0 Å². The number of ether oxygens (including phenoxy) is 1. The molecule has 180 valence electrons. The molecule has 0 atom stereocenters. The number of hydrogen-bond donors (Lipinski definition) is 2. The van der Waals surface area contributed by atoms with Gasteiger partial charge >= 0.3 is 0 Å². The Morgan fingerprint density at radius 2 is 1.86 bits per heavy atom. The molecule has 0 unspecified atom stereocenters. The highest BCUT2D eigenvalue weighted by atomic mass is 16.5. The Kier molecular flexibility index (Phi) is 6.53. The van der Waals surface area contributed by atoms with E-state index in [1.165, 1.54) is 0 Å². The van der Waals surface area contributed by atoms with Crippen LogP contribution in [0.4, 0.5) is 17.2 Å². The zero-order valence-corrected chi connectivity index (χ0v) is 20.0. The fourth-order valence-electron chi connectivity index (χ4n) is 3.80. The van der Waals surface area contributed by atoms with Crippen molar-refractivity contribution in [1.82, 2.24) is 24.6 Å². The first-order valence-electron chi connectivity index (χ1n) is 11.6. The molecule has 0 spiro atoms. The number of nitrogens with one attached hydrogen (secondary N) is 2. The Balaban J connectivity index is 1.45. The number of aryl methyl sites for hydroxylation is 1. The van der Waals surface area contributed by atoms with Crippen LogP contribution in [-0.2, 0) is 6.42 Å². The fraction of sp³-hybridized carbons (Fsp3) is 0.148. The molecule has 36 heavy (non-hydrogen) atoms. The normalized spacial score (nSPS) is 10.8. The van der Waals surface area contributed by atoms with Crippen LogP contribution in [0.3, 0.4) is 0 Å². The van der Waals surface area contributed by atoms with E-state index in [-0.39, 0.29) is 5.91 Å². The van der Waals surface area contributed by atoms with Crippen molar-refractivity contribution in [2.24, 2.45) is 0 Å². The summed E-state index contributed by atoms with van der Waals surface area (Å²) >= 11 is 0. The van der Waals surface area contributed by atoms with Crippen molar-refractivity contribution >= 4 is 28.9 Å². The molecule has 2 aromatic carbocycles. The highest BCUT2D eigenvalue weighted by Crippen LogP contribution is 2.23. The third kappa shape index (κ3) is 5.00. The smallest absolute Gasteiger partial charge is 0.255 e. The van der Waals surface area contributed by atoms with E-state index in [4.69, 9.17) is 4.74 Å². The minimum Gasteiger partial charge on any atom is -0.497 e. The highest BCUT2D eigenvalue weighted by Gasteiger charge is 2.14. The number of nitrogens with zero attached hydrogens (tertiary/aromatic N) is 5. The lowest BCUT2D eigenvalue weighted by Gasteiger charge is -2.11. The first-order chi connectivity index (χ1) is 17.6. The van der Waals surface area contributed by atoms with E-state index in [0.717, 1.165) is 29.8 Å². The first-order valence-corrected chi connectivity index (χ1v) is 11.6. The Morgan fingerprint density at radius 3 is 2.67 bits per heavy atom. The number of fused-ring (bicyclic) bond motifs is 1. The lowest BCUT2D eigenvalue weighted by atomic mass is 10.1. The number of rotatable bonds is 8. The third-order valence-corrected chi connectivity index (χ3v) is 5.52. The molecule has 2 N–H and O–H groups in total. The summed E-state index contributed by atoms with van der Waals surface area (Å²) in [4.78, 5) is 26.4. The molecule has 0 aliphatic heterocycles. The Bertz CT molecular complexity index is 1520. The molecule has 0 aliphatic carbocycles. The number of hydrogen-bond acceptors (Lipinski definition) is 7.